The Balaban J connectivity index is 2.54. The van der Waals surface area contributed by atoms with Crippen LogP contribution in [0, 0.1) is 0 Å². The van der Waals surface area contributed by atoms with Gasteiger partial charge >= 0.3 is 0 Å². The smallest absolute Gasteiger partial charge is 0.0964 e. The van der Waals surface area contributed by atoms with E-state index in [1.165, 1.54) is 0 Å². The molecule has 1 rings (SSSR count). The molecule has 3 nitrogen and oxygen atoms in total. The number of aliphatic hydroxyl groups is 2. The highest BCUT2D eigenvalue weighted by atomic mass is 16.3. The number of aliphatic hydroxyl groups excluding tert-OH is 2. The van der Waals surface area contributed by atoms with Crippen molar-refractivity contribution in [3.8, 4) is 0 Å². The van der Waals surface area contributed by atoms with Gasteiger partial charge in [-0.25, -0.2) is 0 Å². The molecule has 0 aliphatic carbocycles. The van der Waals surface area contributed by atoms with Crippen molar-refractivity contribution in [1.82, 2.24) is 5.32 Å². The molecule has 54 valence electrons. The molecule has 3 N–H and O–H groups in total. The predicted octanol–water partition coefficient (Wildman–Crippen LogP) is -0.912. The molecule has 0 spiro atoms. The van der Waals surface area contributed by atoms with Crippen LogP contribution in [0.1, 0.15) is 13.8 Å². The first kappa shape index (κ1) is 6.99. The molecule has 3 heteroatoms. The number of hydrogen-bond donors (Lipinski definition) is 3. The van der Waals surface area contributed by atoms with E-state index in [0.717, 1.165) is 0 Å². The maximum atomic E-state index is 9.12. The van der Waals surface area contributed by atoms with Crippen molar-refractivity contribution in [2.75, 3.05) is 0 Å². The topological polar surface area (TPSA) is 52.5 Å². The second kappa shape index (κ2) is 2.25. The van der Waals surface area contributed by atoms with Crippen molar-refractivity contribution < 1.29 is 10.2 Å². The third-order valence-electron chi connectivity index (χ3n) is 1.90. The van der Waals surface area contributed by atoms with Gasteiger partial charge < -0.3 is 15.5 Å². The second-order valence-electron chi connectivity index (χ2n) is 2.73. The van der Waals surface area contributed by atoms with E-state index in [0.29, 0.717) is 0 Å². The zero-order valence-corrected chi connectivity index (χ0v) is 5.70. The summed E-state index contributed by atoms with van der Waals surface area (Å²) in [4.78, 5) is 0. The van der Waals surface area contributed by atoms with Crippen molar-refractivity contribution >= 4 is 0 Å². The lowest BCUT2D eigenvalue weighted by Gasteiger charge is -2.10. The zero-order valence-electron chi connectivity index (χ0n) is 5.70. The summed E-state index contributed by atoms with van der Waals surface area (Å²) in [5, 5.41) is 21.3. The second-order valence-corrected chi connectivity index (χ2v) is 2.73. The van der Waals surface area contributed by atoms with Gasteiger partial charge in [0.2, 0.25) is 0 Å². The largest absolute Gasteiger partial charge is 0.389 e. The van der Waals surface area contributed by atoms with Crippen LogP contribution in [-0.2, 0) is 0 Å². The van der Waals surface area contributed by atoms with Gasteiger partial charge in [0.1, 0.15) is 0 Å². The van der Waals surface area contributed by atoms with Crippen LogP contribution in [0.15, 0.2) is 0 Å². The van der Waals surface area contributed by atoms with E-state index < -0.39 is 12.2 Å². The molecule has 1 aliphatic heterocycles. The molecule has 0 amide bonds. The Morgan fingerprint density at radius 1 is 1.00 bits per heavy atom. The molecule has 0 unspecified atom stereocenters. The Morgan fingerprint density at radius 3 is 1.44 bits per heavy atom. The summed E-state index contributed by atoms with van der Waals surface area (Å²) in [5.41, 5.74) is 0. The molecule has 4 atom stereocenters. The quantitative estimate of drug-likeness (QED) is 0.399. The molecule has 0 bridgehead atoms. The fourth-order valence-corrected chi connectivity index (χ4v) is 1.20. The first-order valence-corrected chi connectivity index (χ1v) is 3.25. The SMILES string of the molecule is C[C@H]1N[C@H](C)[C@@H](O)[C@@H]1O. The first-order valence-electron chi connectivity index (χ1n) is 3.25. The molecule has 1 saturated heterocycles. The molecule has 0 aromatic carbocycles. The Morgan fingerprint density at radius 2 is 1.33 bits per heavy atom. The summed E-state index contributed by atoms with van der Waals surface area (Å²) >= 11 is 0. The zero-order chi connectivity index (χ0) is 7.02. The van der Waals surface area contributed by atoms with Crippen molar-refractivity contribution in [3.05, 3.63) is 0 Å². The van der Waals surface area contributed by atoms with Crippen LogP contribution in [0.25, 0.3) is 0 Å². The van der Waals surface area contributed by atoms with Crippen LogP contribution in [0.3, 0.4) is 0 Å². The summed E-state index contributed by atoms with van der Waals surface area (Å²) in [6.45, 7) is 3.72. The van der Waals surface area contributed by atoms with E-state index in [1.807, 2.05) is 13.8 Å². The average Bonchev–Trinajstić information content (AvgIpc) is 1.98. The van der Waals surface area contributed by atoms with Crippen LogP contribution < -0.4 is 5.32 Å². The summed E-state index contributed by atoms with van der Waals surface area (Å²) in [6.07, 6.45) is -1.19. The monoisotopic (exact) mass is 131 g/mol. The maximum Gasteiger partial charge on any atom is 0.0964 e. The highest BCUT2D eigenvalue weighted by Crippen LogP contribution is 2.12. The molecule has 0 radical (unpaired) electrons. The molecule has 1 aliphatic rings. The Kier molecular flexibility index (Phi) is 1.75. The molecule has 9 heavy (non-hydrogen) atoms. The molecule has 1 heterocycles. The minimum Gasteiger partial charge on any atom is -0.389 e. The van der Waals surface area contributed by atoms with Gasteiger partial charge in [-0.1, -0.05) is 0 Å². The number of hydrogen-bond acceptors (Lipinski definition) is 3. The molecule has 0 aromatic heterocycles. The van der Waals surface area contributed by atoms with Gasteiger partial charge in [0.05, 0.1) is 12.2 Å². The lowest BCUT2D eigenvalue weighted by molar-refractivity contribution is 0.0327. The van der Waals surface area contributed by atoms with Crippen molar-refractivity contribution in [2.45, 2.75) is 38.1 Å². The minimum absolute atomic E-state index is 0.0231. The predicted molar refractivity (Wildman–Crippen MR) is 34.1 cm³/mol. The van der Waals surface area contributed by atoms with E-state index in [2.05, 4.69) is 5.32 Å². The third kappa shape index (κ3) is 1.08. The highest BCUT2D eigenvalue weighted by molar-refractivity contribution is 4.93. The Bertz CT molecular complexity index is 95.2. The van der Waals surface area contributed by atoms with E-state index in [9.17, 15) is 0 Å². The lowest BCUT2D eigenvalue weighted by atomic mass is 10.1. The number of rotatable bonds is 0. The van der Waals surface area contributed by atoms with Crippen molar-refractivity contribution in [2.24, 2.45) is 0 Å². The number of nitrogens with one attached hydrogen (secondary N) is 1. The highest BCUT2D eigenvalue weighted by Gasteiger charge is 2.35. The van der Waals surface area contributed by atoms with Crippen LogP contribution >= 0.6 is 0 Å². The van der Waals surface area contributed by atoms with Crippen molar-refractivity contribution in [3.63, 3.8) is 0 Å². The Hall–Kier alpha value is -0.120. The third-order valence-corrected chi connectivity index (χ3v) is 1.90. The molecule has 0 saturated carbocycles. The summed E-state index contributed by atoms with van der Waals surface area (Å²) in [7, 11) is 0. The van der Waals surface area contributed by atoms with Gasteiger partial charge in [-0.05, 0) is 13.8 Å². The summed E-state index contributed by atoms with van der Waals surface area (Å²) < 4.78 is 0. The van der Waals surface area contributed by atoms with Crippen LogP contribution in [-0.4, -0.2) is 34.5 Å². The fraction of sp³-hybridized carbons (Fsp3) is 1.00. The molecule has 1 fully saturated rings. The first-order chi connectivity index (χ1) is 4.13. The van der Waals surface area contributed by atoms with Crippen molar-refractivity contribution in [1.29, 1.82) is 0 Å². The van der Waals surface area contributed by atoms with E-state index in [-0.39, 0.29) is 12.1 Å². The van der Waals surface area contributed by atoms with Gasteiger partial charge in [-0.3, -0.25) is 0 Å². The molecular weight excluding hydrogens is 118 g/mol. The van der Waals surface area contributed by atoms with E-state index >= 15 is 0 Å². The maximum absolute atomic E-state index is 9.12. The van der Waals surface area contributed by atoms with Gasteiger partial charge in [0.15, 0.2) is 0 Å². The van der Waals surface area contributed by atoms with Crippen LogP contribution in [0.5, 0.6) is 0 Å². The van der Waals surface area contributed by atoms with Crippen LogP contribution in [0.4, 0.5) is 0 Å². The fourth-order valence-electron chi connectivity index (χ4n) is 1.20. The van der Waals surface area contributed by atoms with Crippen LogP contribution in [0.2, 0.25) is 0 Å². The van der Waals surface area contributed by atoms with Gasteiger partial charge in [-0.2, -0.15) is 0 Å². The Labute approximate surface area is 54.7 Å². The standard InChI is InChI=1S/C6H13NO2/c1-3-5(8)6(9)4(2)7-3/h3-9H,1-2H3/t3-,4-,5-,6-/m1/s1. The summed E-state index contributed by atoms with van der Waals surface area (Å²) in [6, 6.07) is 0.0463. The van der Waals surface area contributed by atoms with Gasteiger partial charge in [0.25, 0.3) is 0 Å². The summed E-state index contributed by atoms with van der Waals surface area (Å²) in [5.74, 6) is 0. The normalized spacial score (nSPS) is 52.0. The van der Waals surface area contributed by atoms with Gasteiger partial charge in [-0.15, -0.1) is 0 Å². The minimum atomic E-state index is -0.597. The van der Waals surface area contributed by atoms with E-state index in [1.54, 1.807) is 0 Å². The average molecular weight is 131 g/mol. The molecule has 0 aromatic rings. The molecular formula is C6H13NO2. The van der Waals surface area contributed by atoms with Gasteiger partial charge in [0, 0.05) is 12.1 Å². The van der Waals surface area contributed by atoms with E-state index in [4.69, 9.17) is 10.2 Å². The lowest BCUT2D eigenvalue weighted by Crippen LogP contribution is -2.30.